The van der Waals surface area contributed by atoms with E-state index in [-0.39, 0.29) is 22.3 Å². The number of ether oxygens (including phenoxy) is 2. The van der Waals surface area contributed by atoms with E-state index in [1.807, 2.05) is 0 Å². The number of phenols is 4. The van der Waals surface area contributed by atoms with Crippen LogP contribution in [0.5, 0.6) is 28.7 Å². The fraction of sp³-hybridized carbons (Fsp3) is 0.286. The molecule has 2 heterocycles. The van der Waals surface area contributed by atoms with Gasteiger partial charge in [0.05, 0.1) is 6.61 Å². The molecule has 0 bridgehead atoms. The van der Waals surface area contributed by atoms with E-state index in [0.717, 1.165) is 24.3 Å². The highest BCUT2D eigenvalue weighted by atomic mass is 16.7. The van der Waals surface area contributed by atoms with E-state index in [1.165, 1.54) is 6.07 Å². The third-order valence-electron chi connectivity index (χ3n) is 5.21. The molecule has 12 nitrogen and oxygen atoms in total. The quantitative estimate of drug-likeness (QED) is 0.224. The van der Waals surface area contributed by atoms with Gasteiger partial charge in [-0.15, -0.1) is 0 Å². The molecule has 33 heavy (non-hydrogen) atoms. The minimum absolute atomic E-state index is 0.0297. The van der Waals surface area contributed by atoms with Crippen molar-refractivity contribution in [1.82, 2.24) is 0 Å². The highest BCUT2D eigenvalue weighted by Gasteiger charge is 2.47. The Morgan fingerprint density at radius 1 is 0.970 bits per heavy atom. The first-order valence-corrected chi connectivity index (χ1v) is 9.64. The number of hydrogen-bond donors (Lipinski definition) is 8. The number of fused-ring (bicyclic) bond motifs is 1. The van der Waals surface area contributed by atoms with Gasteiger partial charge in [0.1, 0.15) is 46.9 Å². The normalized spacial score (nSPS) is 23.6. The first-order valence-electron chi connectivity index (χ1n) is 9.64. The molecule has 4 rings (SSSR count). The molecule has 2 aromatic carbocycles. The Bertz CT molecular complexity index is 1250. The largest absolute Gasteiger partial charge is 0.508 e. The molecule has 0 amide bonds. The van der Waals surface area contributed by atoms with E-state index < -0.39 is 71.5 Å². The first kappa shape index (κ1) is 22.6. The van der Waals surface area contributed by atoms with Crippen molar-refractivity contribution >= 4 is 11.0 Å². The van der Waals surface area contributed by atoms with Crippen LogP contribution in [0.1, 0.15) is 0 Å². The number of aliphatic hydroxyl groups is 4. The molecule has 1 aliphatic heterocycles. The maximum atomic E-state index is 13.2. The van der Waals surface area contributed by atoms with Crippen molar-refractivity contribution in [2.24, 2.45) is 0 Å². The maximum absolute atomic E-state index is 13.2. The van der Waals surface area contributed by atoms with Crippen molar-refractivity contribution in [3.05, 3.63) is 40.6 Å². The summed E-state index contributed by atoms with van der Waals surface area (Å²) in [5.41, 5.74) is -1.16. The number of aromatic hydroxyl groups is 4. The van der Waals surface area contributed by atoms with Crippen LogP contribution in [0.25, 0.3) is 22.3 Å². The fourth-order valence-corrected chi connectivity index (χ4v) is 3.54. The van der Waals surface area contributed by atoms with Crippen LogP contribution in [0.15, 0.2) is 39.5 Å². The van der Waals surface area contributed by atoms with Gasteiger partial charge in [0.25, 0.3) is 0 Å². The molecule has 1 aliphatic rings. The zero-order valence-corrected chi connectivity index (χ0v) is 16.7. The average molecular weight is 464 g/mol. The van der Waals surface area contributed by atoms with E-state index in [4.69, 9.17) is 19.0 Å². The van der Waals surface area contributed by atoms with Crippen molar-refractivity contribution in [2.75, 3.05) is 6.61 Å². The van der Waals surface area contributed by atoms with Gasteiger partial charge < -0.3 is 54.7 Å². The van der Waals surface area contributed by atoms with Gasteiger partial charge in [-0.3, -0.25) is 4.79 Å². The summed E-state index contributed by atoms with van der Waals surface area (Å²) in [6.07, 6.45) is -8.11. The van der Waals surface area contributed by atoms with Crippen LogP contribution in [-0.2, 0) is 4.74 Å². The fourth-order valence-electron chi connectivity index (χ4n) is 3.54. The van der Waals surface area contributed by atoms with Crippen LogP contribution in [0.3, 0.4) is 0 Å². The maximum Gasteiger partial charge on any atom is 0.239 e. The Labute approximate surface area is 184 Å². The SMILES string of the molecule is O=c1c(O[C@H]2O[C@@H]([C@H](O)CO)[C@@H](O)[C@@H]2O)c(-c2ccc(O)c(O)c2)oc2cc(O)cc(O)c12. The van der Waals surface area contributed by atoms with Crippen molar-refractivity contribution in [3.8, 4) is 40.1 Å². The summed E-state index contributed by atoms with van der Waals surface area (Å²) in [5, 5.41) is 78.3. The number of rotatable bonds is 5. The van der Waals surface area contributed by atoms with E-state index in [1.54, 1.807) is 0 Å². The number of benzene rings is 2. The van der Waals surface area contributed by atoms with E-state index in [0.29, 0.717) is 0 Å². The second-order valence-corrected chi connectivity index (χ2v) is 7.45. The molecular formula is C21H20O12. The summed E-state index contributed by atoms with van der Waals surface area (Å²) >= 11 is 0. The lowest BCUT2D eigenvalue weighted by Gasteiger charge is -2.19. The zero-order valence-electron chi connectivity index (χ0n) is 16.7. The molecule has 0 aliphatic carbocycles. The third kappa shape index (κ3) is 3.90. The summed E-state index contributed by atoms with van der Waals surface area (Å²) in [6.45, 7) is -0.783. The molecule has 0 saturated carbocycles. The average Bonchev–Trinajstić information content (AvgIpc) is 3.04. The standard InChI is InChI=1S/C21H20O12/c22-6-12(27)19-16(29)17(30)21(32-19)33-20-15(28)14-11(26)4-8(23)5-13(14)31-18(20)7-1-2-9(24)10(25)3-7/h1-5,12,16-17,19,21-27,29-30H,6H2/t12-,16+,17+,19+,21-/m1/s1. The highest BCUT2D eigenvalue weighted by Crippen LogP contribution is 2.39. The highest BCUT2D eigenvalue weighted by molar-refractivity contribution is 5.88. The summed E-state index contributed by atoms with van der Waals surface area (Å²) in [5.74, 6) is -3.00. The predicted octanol–water partition coefficient (Wildman–Crippen LogP) is -0.539. The van der Waals surface area contributed by atoms with Gasteiger partial charge in [-0.1, -0.05) is 0 Å². The minimum atomic E-state index is -1.75. The van der Waals surface area contributed by atoms with Gasteiger partial charge in [-0.25, -0.2) is 0 Å². The molecule has 3 aromatic rings. The third-order valence-corrected chi connectivity index (χ3v) is 5.21. The van der Waals surface area contributed by atoms with Gasteiger partial charge in [0.2, 0.25) is 17.5 Å². The molecule has 1 aromatic heterocycles. The summed E-state index contributed by atoms with van der Waals surface area (Å²) in [6, 6.07) is 5.38. The second-order valence-electron chi connectivity index (χ2n) is 7.45. The Morgan fingerprint density at radius 3 is 2.36 bits per heavy atom. The lowest BCUT2D eigenvalue weighted by Crippen LogP contribution is -2.40. The van der Waals surface area contributed by atoms with Crippen LogP contribution < -0.4 is 10.2 Å². The second kappa shape index (κ2) is 8.42. The Balaban J connectivity index is 1.88. The van der Waals surface area contributed by atoms with Crippen molar-refractivity contribution < 1.29 is 54.7 Å². The van der Waals surface area contributed by atoms with Gasteiger partial charge >= 0.3 is 0 Å². The van der Waals surface area contributed by atoms with Gasteiger partial charge in [0, 0.05) is 17.7 Å². The van der Waals surface area contributed by atoms with Crippen molar-refractivity contribution in [3.63, 3.8) is 0 Å². The molecule has 1 saturated heterocycles. The Hall–Kier alpha value is -3.55. The van der Waals surface area contributed by atoms with Gasteiger partial charge in [0.15, 0.2) is 17.3 Å². The molecule has 0 unspecified atom stereocenters. The molecule has 12 heteroatoms. The van der Waals surface area contributed by atoms with Crippen LogP contribution in [0.4, 0.5) is 0 Å². The van der Waals surface area contributed by atoms with Gasteiger partial charge in [-0.2, -0.15) is 0 Å². The van der Waals surface area contributed by atoms with E-state index in [2.05, 4.69) is 0 Å². The molecule has 0 spiro atoms. The minimum Gasteiger partial charge on any atom is -0.508 e. The molecule has 8 N–H and O–H groups in total. The van der Waals surface area contributed by atoms with Crippen LogP contribution in [0, 0.1) is 0 Å². The monoisotopic (exact) mass is 464 g/mol. The summed E-state index contributed by atoms with van der Waals surface area (Å²) in [7, 11) is 0. The predicted molar refractivity (Wildman–Crippen MR) is 109 cm³/mol. The van der Waals surface area contributed by atoms with E-state index in [9.17, 15) is 40.5 Å². The van der Waals surface area contributed by atoms with Crippen LogP contribution >= 0.6 is 0 Å². The summed E-state index contributed by atoms with van der Waals surface area (Å²) in [4.78, 5) is 13.2. The lowest BCUT2D eigenvalue weighted by molar-refractivity contribution is -0.137. The molecule has 0 radical (unpaired) electrons. The van der Waals surface area contributed by atoms with Crippen molar-refractivity contribution in [1.29, 1.82) is 0 Å². The van der Waals surface area contributed by atoms with E-state index >= 15 is 0 Å². The molecular weight excluding hydrogens is 444 g/mol. The smallest absolute Gasteiger partial charge is 0.239 e. The molecule has 1 fully saturated rings. The topological polar surface area (TPSA) is 211 Å². The van der Waals surface area contributed by atoms with Crippen molar-refractivity contribution in [2.45, 2.75) is 30.7 Å². The summed E-state index contributed by atoms with van der Waals surface area (Å²) < 4.78 is 16.5. The number of phenolic OH excluding ortho intramolecular Hbond substituents is 4. The van der Waals surface area contributed by atoms with Crippen LogP contribution in [0.2, 0.25) is 0 Å². The Kier molecular flexibility index (Phi) is 5.78. The zero-order chi connectivity index (χ0) is 24.0. The number of aliphatic hydroxyl groups excluding tert-OH is 4. The lowest BCUT2D eigenvalue weighted by atomic mass is 10.1. The molecule has 176 valence electrons. The first-order chi connectivity index (χ1) is 15.6. The van der Waals surface area contributed by atoms with Gasteiger partial charge in [-0.05, 0) is 18.2 Å². The Morgan fingerprint density at radius 2 is 1.70 bits per heavy atom. The number of hydrogen-bond acceptors (Lipinski definition) is 12. The molecule has 5 atom stereocenters. The van der Waals surface area contributed by atoms with Crippen LogP contribution in [-0.4, -0.2) is 78.2 Å².